The van der Waals surface area contributed by atoms with Crippen molar-refractivity contribution in [2.75, 3.05) is 19.8 Å². The SMILES string of the molecule is O=C(O)CONCC(=O)C(O)C(O)C(O)CO. The Balaban J connectivity index is 3.93. The maximum Gasteiger partial charge on any atom is 0.331 e. The molecule has 0 spiro atoms. The third kappa shape index (κ3) is 6.26. The first kappa shape index (κ1) is 15.9. The maximum absolute atomic E-state index is 11.2. The van der Waals surface area contributed by atoms with Crippen molar-refractivity contribution in [3.05, 3.63) is 0 Å². The summed E-state index contributed by atoms with van der Waals surface area (Å²) in [5, 5.41) is 44.0. The summed E-state index contributed by atoms with van der Waals surface area (Å²) in [6.07, 6.45) is -5.37. The van der Waals surface area contributed by atoms with E-state index in [4.69, 9.17) is 20.4 Å². The van der Waals surface area contributed by atoms with Gasteiger partial charge in [0.1, 0.15) is 18.3 Å². The fraction of sp³-hybridized carbons (Fsp3) is 0.750. The van der Waals surface area contributed by atoms with Crippen LogP contribution in [0.5, 0.6) is 0 Å². The lowest BCUT2D eigenvalue weighted by atomic mass is 10.1. The molecule has 0 heterocycles. The number of aliphatic carboxylic acids is 1. The van der Waals surface area contributed by atoms with Crippen molar-refractivity contribution in [3.63, 3.8) is 0 Å². The Morgan fingerprint density at radius 2 is 1.82 bits per heavy atom. The van der Waals surface area contributed by atoms with Crippen LogP contribution in [0.4, 0.5) is 0 Å². The topological polar surface area (TPSA) is 157 Å². The second-order valence-corrected chi connectivity index (χ2v) is 3.16. The smallest absolute Gasteiger partial charge is 0.331 e. The summed E-state index contributed by atoms with van der Waals surface area (Å²) in [5.41, 5.74) is 1.96. The fourth-order valence-electron chi connectivity index (χ4n) is 0.848. The van der Waals surface area contributed by atoms with Crippen LogP contribution in [-0.4, -0.2) is 75.4 Å². The highest BCUT2D eigenvalue weighted by molar-refractivity contribution is 5.85. The molecule has 9 nitrogen and oxygen atoms in total. The molecule has 0 aromatic heterocycles. The van der Waals surface area contributed by atoms with Gasteiger partial charge >= 0.3 is 5.97 Å². The average molecular weight is 253 g/mol. The van der Waals surface area contributed by atoms with Gasteiger partial charge in [-0.2, -0.15) is 5.48 Å². The lowest BCUT2D eigenvalue weighted by Crippen LogP contribution is -2.46. The molecule has 17 heavy (non-hydrogen) atoms. The van der Waals surface area contributed by atoms with E-state index in [-0.39, 0.29) is 0 Å². The monoisotopic (exact) mass is 253 g/mol. The zero-order valence-electron chi connectivity index (χ0n) is 8.81. The Hall–Kier alpha value is -1.10. The van der Waals surface area contributed by atoms with Crippen molar-refractivity contribution in [2.24, 2.45) is 0 Å². The zero-order valence-corrected chi connectivity index (χ0v) is 8.81. The van der Waals surface area contributed by atoms with Gasteiger partial charge in [0.05, 0.1) is 13.2 Å². The third-order valence-corrected chi connectivity index (χ3v) is 1.78. The van der Waals surface area contributed by atoms with Crippen molar-refractivity contribution in [1.82, 2.24) is 5.48 Å². The normalized spacial score (nSPS) is 16.2. The van der Waals surface area contributed by atoms with Gasteiger partial charge in [-0.25, -0.2) is 4.79 Å². The number of hydrogen-bond donors (Lipinski definition) is 6. The molecule has 0 amide bonds. The van der Waals surface area contributed by atoms with Gasteiger partial charge in [-0.15, -0.1) is 0 Å². The van der Waals surface area contributed by atoms with Gasteiger partial charge in [-0.1, -0.05) is 0 Å². The number of carboxylic acid groups (broad SMARTS) is 1. The molecule has 0 aromatic carbocycles. The summed E-state index contributed by atoms with van der Waals surface area (Å²) in [6, 6.07) is 0. The quantitative estimate of drug-likeness (QED) is 0.179. The molecule has 0 bridgehead atoms. The van der Waals surface area contributed by atoms with Crippen molar-refractivity contribution in [3.8, 4) is 0 Å². The molecule has 3 unspecified atom stereocenters. The first-order valence-corrected chi connectivity index (χ1v) is 4.64. The van der Waals surface area contributed by atoms with Crippen LogP contribution in [0.25, 0.3) is 0 Å². The Morgan fingerprint density at radius 3 is 2.29 bits per heavy atom. The number of hydroxylamine groups is 1. The van der Waals surface area contributed by atoms with E-state index < -0.39 is 49.8 Å². The Morgan fingerprint density at radius 1 is 1.24 bits per heavy atom. The highest BCUT2D eigenvalue weighted by Crippen LogP contribution is 2.00. The molecule has 9 heteroatoms. The minimum Gasteiger partial charge on any atom is -0.479 e. The molecule has 6 N–H and O–H groups in total. The fourth-order valence-corrected chi connectivity index (χ4v) is 0.848. The summed E-state index contributed by atoms with van der Waals surface area (Å²) >= 11 is 0. The Bertz CT molecular complexity index is 258. The van der Waals surface area contributed by atoms with Crippen LogP contribution in [0.3, 0.4) is 0 Å². The first-order chi connectivity index (χ1) is 7.90. The molecule has 0 aliphatic rings. The number of nitrogens with one attached hydrogen (secondary N) is 1. The van der Waals surface area contributed by atoms with Gasteiger partial charge < -0.3 is 25.5 Å². The lowest BCUT2D eigenvalue weighted by Gasteiger charge is -2.20. The van der Waals surface area contributed by atoms with Crippen LogP contribution in [0.1, 0.15) is 0 Å². The van der Waals surface area contributed by atoms with Gasteiger partial charge in [-0.3, -0.25) is 9.63 Å². The average Bonchev–Trinajstić information content (AvgIpc) is 2.31. The Kier molecular flexibility index (Phi) is 7.54. The van der Waals surface area contributed by atoms with E-state index in [1.54, 1.807) is 0 Å². The predicted octanol–water partition coefficient (Wildman–Crippen LogP) is -3.76. The van der Waals surface area contributed by atoms with E-state index in [0.29, 0.717) is 0 Å². The molecular formula is C8H15NO8. The van der Waals surface area contributed by atoms with Crippen molar-refractivity contribution in [2.45, 2.75) is 18.3 Å². The molecule has 0 radical (unpaired) electrons. The molecule has 0 aromatic rings. The van der Waals surface area contributed by atoms with Crippen LogP contribution in [0.2, 0.25) is 0 Å². The molecule has 0 saturated heterocycles. The summed E-state index contributed by atoms with van der Waals surface area (Å²) in [7, 11) is 0. The van der Waals surface area contributed by atoms with Gasteiger partial charge in [0.15, 0.2) is 12.4 Å². The minimum atomic E-state index is -1.90. The molecule has 0 fully saturated rings. The molecule has 0 aliphatic carbocycles. The van der Waals surface area contributed by atoms with E-state index in [1.165, 1.54) is 0 Å². The van der Waals surface area contributed by atoms with Crippen LogP contribution in [0, 0.1) is 0 Å². The van der Waals surface area contributed by atoms with E-state index in [9.17, 15) is 14.7 Å². The van der Waals surface area contributed by atoms with E-state index in [2.05, 4.69) is 4.84 Å². The highest BCUT2D eigenvalue weighted by atomic mass is 16.7. The minimum absolute atomic E-state index is 0.552. The predicted molar refractivity (Wildman–Crippen MR) is 51.7 cm³/mol. The van der Waals surface area contributed by atoms with Crippen LogP contribution >= 0.6 is 0 Å². The number of Topliss-reactive ketones (excluding diaryl/α,β-unsaturated/α-hetero) is 1. The van der Waals surface area contributed by atoms with Gasteiger partial charge in [0, 0.05) is 0 Å². The summed E-state index contributed by atoms with van der Waals surface area (Å²) in [6.45, 7) is -2.04. The van der Waals surface area contributed by atoms with Gasteiger partial charge in [0.25, 0.3) is 0 Å². The van der Waals surface area contributed by atoms with Crippen molar-refractivity contribution in [1.29, 1.82) is 0 Å². The summed E-state index contributed by atoms with van der Waals surface area (Å²) in [5.74, 6) is -2.17. The maximum atomic E-state index is 11.2. The van der Waals surface area contributed by atoms with Gasteiger partial charge in [-0.05, 0) is 0 Å². The number of aliphatic hydroxyl groups excluding tert-OH is 4. The largest absolute Gasteiger partial charge is 0.479 e. The van der Waals surface area contributed by atoms with Crippen LogP contribution < -0.4 is 5.48 Å². The van der Waals surface area contributed by atoms with E-state index in [1.807, 2.05) is 5.48 Å². The van der Waals surface area contributed by atoms with Crippen molar-refractivity contribution < 1.29 is 40.0 Å². The second-order valence-electron chi connectivity index (χ2n) is 3.16. The van der Waals surface area contributed by atoms with Crippen molar-refractivity contribution >= 4 is 11.8 Å². The standard InChI is InChI=1S/C8H15NO8/c10-2-5(12)8(16)7(15)4(11)1-9-17-3-6(13)14/h5,7-10,12,15-16H,1-3H2,(H,13,14). The molecule has 100 valence electrons. The number of hydrogen-bond acceptors (Lipinski definition) is 8. The molecular weight excluding hydrogens is 238 g/mol. The van der Waals surface area contributed by atoms with Gasteiger partial charge in [0.2, 0.25) is 0 Å². The van der Waals surface area contributed by atoms with E-state index in [0.717, 1.165) is 0 Å². The number of ketones is 1. The van der Waals surface area contributed by atoms with Crippen LogP contribution in [0.15, 0.2) is 0 Å². The molecule has 0 rings (SSSR count). The molecule has 3 atom stereocenters. The Labute approximate surface area is 96.2 Å². The number of aliphatic hydroxyl groups is 4. The zero-order chi connectivity index (χ0) is 13.4. The highest BCUT2D eigenvalue weighted by Gasteiger charge is 2.29. The first-order valence-electron chi connectivity index (χ1n) is 4.64. The lowest BCUT2D eigenvalue weighted by molar-refractivity contribution is -0.149. The molecule has 0 aliphatic heterocycles. The van der Waals surface area contributed by atoms with E-state index >= 15 is 0 Å². The summed E-state index contributed by atoms with van der Waals surface area (Å²) in [4.78, 5) is 25.5. The second kappa shape index (κ2) is 8.06. The summed E-state index contributed by atoms with van der Waals surface area (Å²) < 4.78 is 0. The number of carbonyl (C=O) groups is 2. The number of carbonyl (C=O) groups excluding carboxylic acids is 1. The third-order valence-electron chi connectivity index (χ3n) is 1.78. The number of rotatable bonds is 9. The molecule has 0 saturated carbocycles. The van der Waals surface area contributed by atoms with Crippen LogP contribution in [-0.2, 0) is 14.4 Å². The number of carboxylic acids is 1.